The molecule has 20 heteroatoms. The van der Waals surface area contributed by atoms with Crippen LogP contribution in [0.3, 0.4) is 0 Å². The maximum Gasteiger partial charge on any atom is 1.00 e. The standard InChI is InChI=1S/C12H21O9P.C5H9ClO3.C4H9O3P.HI.Na/c1-6-22(15,18-7-16-11(13)20-9(2)3)19-8-17-12(14)21-10(4)5;1-4(2)9-5(7)8-3-6;1-4-8(5,6-2)7-3;;/h6,9-10H,1,7-8H2,2-5H3;4H,3H2,1-2H3;4H,1H2,2-3H3;1H;/q;;;;+1/p-1. The molecular formula is C21H39ClINaO15P2. The summed E-state index contributed by atoms with van der Waals surface area (Å²) in [6.45, 7) is 15.2. The van der Waals surface area contributed by atoms with Gasteiger partial charge in [0, 0.05) is 25.9 Å². The summed E-state index contributed by atoms with van der Waals surface area (Å²) in [6, 6.07) is -0.161. The molecule has 0 aliphatic heterocycles. The van der Waals surface area contributed by atoms with Crippen molar-refractivity contribution in [1.29, 1.82) is 0 Å². The number of alkyl halides is 1. The fourth-order valence-electron chi connectivity index (χ4n) is 1.39. The van der Waals surface area contributed by atoms with Gasteiger partial charge in [0.25, 0.3) is 0 Å². The van der Waals surface area contributed by atoms with Gasteiger partial charge in [0.1, 0.15) is 0 Å². The van der Waals surface area contributed by atoms with Crippen molar-refractivity contribution in [3.05, 3.63) is 24.8 Å². The molecule has 0 aromatic carbocycles. The van der Waals surface area contributed by atoms with E-state index in [2.05, 4.69) is 50.6 Å². The Bertz CT molecular complexity index is 791. The Labute approximate surface area is 285 Å². The van der Waals surface area contributed by atoms with E-state index in [9.17, 15) is 23.5 Å². The van der Waals surface area contributed by atoms with E-state index in [1.165, 1.54) is 14.2 Å². The normalized spacial score (nSPS) is 10.2. The molecule has 0 bridgehead atoms. The number of rotatable bonds is 14. The SMILES string of the molecule is C=CP(=O)(OC)OC.C=CP(=O)(OCOC(=O)OC(C)C)OCOC(=O)OC(C)C.CC(C)OC(=O)OCCl.[I-].[Na+]. The van der Waals surface area contributed by atoms with Gasteiger partial charge >= 0.3 is 63.2 Å². The molecule has 0 rings (SSSR count). The van der Waals surface area contributed by atoms with Crippen molar-refractivity contribution >= 4 is 45.3 Å². The molecule has 15 nitrogen and oxygen atoms in total. The quantitative estimate of drug-likeness (QED) is 0.0459. The van der Waals surface area contributed by atoms with Gasteiger partial charge in [-0.25, -0.2) is 14.4 Å². The molecule has 0 spiro atoms. The van der Waals surface area contributed by atoms with Gasteiger partial charge in [0.2, 0.25) is 13.6 Å². The van der Waals surface area contributed by atoms with Crippen LogP contribution in [0.5, 0.6) is 0 Å². The zero-order valence-corrected chi connectivity index (χ0v) is 31.4. The van der Waals surface area contributed by atoms with Crippen LogP contribution in [0.15, 0.2) is 24.8 Å². The zero-order valence-electron chi connectivity index (χ0n) is 24.7. The first-order valence-electron chi connectivity index (χ1n) is 11.0. The van der Waals surface area contributed by atoms with Gasteiger partial charge in [-0.05, 0) is 41.5 Å². The summed E-state index contributed by atoms with van der Waals surface area (Å²) in [7, 11) is -4.06. The molecule has 0 amide bonds. The minimum Gasteiger partial charge on any atom is -1.00 e. The van der Waals surface area contributed by atoms with Gasteiger partial charge < -0.3 is 61.4 Å². The molecule has 0 saturated carbocycles. The van der Waals surface area contributed by atoms with Gasteiger partial charge in [-0.15, -0.1) is 0 Å². The summed E-state index contributed by atoms with van der Waals surface area (Å²) in [5.41, 5.74) is 0. The van der Waals surface area contributed by atoms with Crippen molar-refractivity contribution in [3.63, 3.8) is 0 Å². The Morgan fingerprint density at radius 3 is 1.17 bits per heavy atom. The minimum absolute atomic E-state index is 0. The smallest absolute Gasteiger partial charge is 1.00 e. The first-order valence-corrected chi connectivity index (χ1v) is 14.7. The first-order chi connectivity index (χ1) is 18.0. The summed E-state index contributed by atoms with van der Waals surface area (Å²) < 4.78 is 68.3. The Balaban J connectivity index is -0.000000188. The third-order valence-corrected chi connectivity index (χ3v) is 5.90. The van der Waals surface area contributed by atoms with E-state index in [1.807, 2.05) is 0 Å². The van der Waals surface area contributed by atoms with Crippen LogP contribution in [0.2, 0.25) is 0 Å². The molecule has 0 radical (unpaired) electrons. The molecule has 0 aromatic rings. The van der Waals surface area contributed by atoms with Crippen LogP contribution >= 0.6 is 26.8 Å². The molecule has 238 valence electrons. The van der Waals surface area contributed by atoms with Gasteiger partial charge in [0.05, 0.1) is 18.3 Å². The first kappa shape index (κ1) is 50.2. The summed E-state index contributed by atoms with van der Waals surface area (Å²) in [5, 5.41) is 0. The summed E-state index contributed by atoms with van der Waals surface area (Å²) >= 11 is 5.06. The maximum absolute atomic E-state index is 12.0. The average molecular weight is 779 g/mol. The van der Waals surface area contributed by atoms with E-state index in [0.29, 0.717) is 0 Å². The fourth-order valence-corrected chi connectivity index (χ4v) is 2.61. The monoisotopic (exact) mass is 778 g/mol. The molecule has 0 aromatic heterocycles. The van der Waals surface area contributed by atoms with E-state index >= 15 is 0 Å². The second-order valence-electron chi connectivity index (χ2n) is 7.10. The molecule has 0 heterocycles. The number of halogens is 2. The number of carbonyl (C=O) groups excluding carboxylic acids is 3. The Morgan fingerprint density at radius 2 is 0.976 bits per heavy atom. The second-order valence-corrected chi connectivity index (χ2v) is 11.5. The molecule has 0 fully saturated rings. The second kappa shape index (κ2) is 29.7. The number of ether oxygens (including phenoxy) is 6. The third-order valence-electron chi connectivity index (χ3n) is 2.94. The predicted molar refractivity (Wildman–Crippen MR) is 140 cm³/mol. The summed E-state index contributed by atoms with van der Waals surface area (Å²) in [4.78, 5) is 32.5. The van der Waals surface area contributed by atoms with E-state index in [-0.39, 0.29) is 77.9 Å². The van der Waals surface area contributed by atoms with E-state index in [1.54, 1.807) is 41.5 Å². The fraction of sp³-hybridized carbons (Fsp3) is 0.667. The average Bonchev–Trinajstić information content (AvgIpc) is 2.83. The topological polar surface area (TPSA) is 178 Å². The number of hydrogen-bond acceptors (Lipinski definition) is 15. The molecule has 0 unspecified atom stereocenters. The molecule has 0 saturated heterocycles. The van der Waals surface area contributed by atoms with Crippen LogP contribution in [0, 0.1) is 0 Å². The van der Waals surface area contributed by atoms with Gasteiger partial charge in [-0.3, -0.25) is 18.2 Å². The summed E-state index contributed by atoms with van der Waals surface area (Å²) in [5.74, 6) is 2.04. The Morgan fingerprint density at radius 1 is 0.683 bits per heavy atom. The van der Waals surface area contributed by atoms with Gasteiger partial charge in [-0.2, -0.15) is 0 Å². The molecular weight excluding hydrogens is 740 g/mol. The summed E-state index contributed by atoms with van der Waals surface area (Å²) in [6.07, 6.45) is -3.57. The van der Waals surface area contributed by atoms with Crippen LogP contribution in [0.1, 0.15) is 41.5 Å². The van der Waals surface area contributed by atoms with Gasteiger partial charge in [0.15, 0.2) is 6.07 Å². The van der Waals surface area contributed by atoms with Crippen molar-refractivity contribution in [2.75, 3.05) is 33.9 Å². The van der Waals surface area contributed by atoms with Crippen molar-refractivity contribution in [2.45, 2.75) is 59.9 Å². The minimum atomic E-state index is -3.78. The van der Waals surface area contributed by atoms with Gasteiger partial charge in [-0.1, -0.05) is 24.8 Å². The largest absolute Gasteiger partial charge is 1.00 e. The van der Waals surface area contributed by atoms with Crippen LogP contribution < -0.4 is 53.5 Å². The molecule has 0 aliphatic rings. The molecule has 0 N–H and O–H groups in total. The molecule has 41 heavy (non-hydrogen) atoms. The van der Waals surface area contributed by atoms with Crippen LogP contribution in [-0.4, -0.2) is 70.6 Å². The van der Waals surface area contributed by atoms with Crippen molar-refractivity contribution in [1.82, 2.24) is 0 Å². The zero-order chi connectivity index (χ0) is 31.1. The Hall–Kier alpha value is -0.390. The number of hydrogen-bond donors (Lipinski definition) is 0. The van der Waals surface area contributed by atoms with Crippen molar-refractivity contribution < 1.29 is 124 Å². The van der Waals surface area contributed by atoms with Crippen LogP contribution in [-0.2, 0) is 55.6 Å². The molecule has 0 aliphatic carbocycles. The van der Waals surface area contributed by atoms with Crippen molar-refractivity contribution in [3.8, 4) is 0 Å². The van der Waals surface area contributed by atoms with Crippen LogP contribution in [0.25, 0.3) is 0 Å². The third kappa shape index (κ3) is 34.0. The molecule has 0 atom stereocenters. The van der Waals surface area contributed by atoms with E-state index < -0.39 is 47.2 Å². The van der Waals surface area contributed by atoms with E-state index in [4.69, 9.17) is 20.6 Å². The maximum atomic E-state index is 12.0. The van der Waals surface area contributed by atoms with E-state index in [0.717, 1.165) is 11.6 Å². The predicted octanol–water partition coefficient (Wildman–Crippen LogP) is 0.763. The Kier molecular flexibility index (Phi) is 36.4. The number of carbonyl (C=O) groups is 3. The van der Waals surface area contributed by atoms with Crippen LogP contribution in [0.4, 0.5) is 14.4 Å². The van der Waals surface area contributed by atoms with Crippen molar-refractivity contribution in [2.24, 2.45) is 0 Å².